The van der Waals surface area contributed by atoms with Crippen molar-refractivity contribution in [3.05, 3.63) is 69.5 Å². The summed E-state index contributed by atoms with van der Waals surface area (Å²) in [5, 5.41) is 3.61. The van der Waals surface area contributed by atoms with E-state index in [2.05, 4.69) is 37.4 Å². The molecule has 2 rings (SSSR count). The molecule has 3 heteroatoms. The molecule has 106 valence electrons. The smallest absolute Gasteiger partial charge is 0.129 e. The Bertz CT molecular complexity index is 610. The Hall–Kier alpha value is -1.38. The fourth-order valence-corrected chi connectivity index (χ4v) is 2.55. The summed E-state index contributed by atoms with van der Waals surface area (Å²) in [5.41, 5.74) is 4.33. The summed E-state index contributed by atoms with van der Waals surface area (Å²) >= 11 is 5.81. The van der Waals surface area contributed by atoms with Crippen LogP contribution < -0.4 is 5.32 Å². The number of hydrogen-bond donors (Lipinski definition) is 1. The van der Waals surface area contributed by atoms with E-state index in [0.717, 1.165) is 6.42 Å². The molecule has 2 aromatic rings. The van der Waals surface area contributed by atoms with E-state index in [1.54, 1.807) is 12.1 Å². The van der Waals surface area contributed by atoms with Crippen molar-refractivity contribution in [3.63, 3.8) is 0 Å². The molecule has 0 saturated carbocycles. The third-order valence-electron chi connectivity index (χ3n) is 3.62. The Morgan fingerprint density at radius 2 is 1.90 bits per heavy atom. The first kappa shape index (κ1) is 15.0. The van der Waals surface area contributed by atoms with E-state index >= 15 is 0 Å². The monoisotopic (exact) mass is 291 g/mol. The topological polar surface area (TPSA) is 12.0 Å². The van der Waals surface area contributed by atoms with Crippen molar-refractivity contribution in [2.45, 2.75) is 26.3 Å². The molecule has 0 aliphatic heterocycles. The zero-order chi connectivity index (χ0) is 14.7. The summed E-state index contributed by atoms with van der Waals surface area (Å²) in [5.74, 6) is -0.262. The van der Waals surface area contributed by atoms with Crippen molar-refractivity contribution in [3.8, 4) is 0 Å². The lowest BCUT2D eigenvalue weighted by Crippen LogP contribution is -2.20. The highest BCUT2D eigenvalue weighted by Crippen LogP contribution is 2.25. The van der Waals surface area contributed by atoms with Crippen molar-refractivity contribution in [1.29, 1.82) is 0 Å². The van der Waals surface area contributed by atoms with Gasteiger partial charge in [0.2, 0.25) is 0 Å². The van der Waals surface area contributed by atoms with Crippen LogP contribution in [-0.2, 0) is 6.42 Å². The van der Waals surface area contributed by atoms with Gasteiger partial charge in [-0.3, -0.25) is 0 Å². The Labute approximate surface area is 124 Å². The zero-order valence-corrected chi connectivity index (χ0v) is 12.8. The molecule has 1 atom stereocenters. The van der Waals surface area contributed by atoms with E-state index in [-0.39, 0.29) is 11.9 Å². The van der Waals surface area contributed by atoms with Gasteiger partial charge in [-0.1, -0.05) is 41.4 Å². The van der Waals surface area contributed by atoms with Crippen LogP contribution in [0.15, 0.2) is 36.4 Å². The first-order valence-electron chi connectivity index (χ1n) is 6.69. The number of nitrogens with one attached hydrogen (secondary N) is 1. The summed E-state index contributed by atoms with van der Waals surface area (Å²) in [6.07, 6.45) is 0.753. The highest BCUT2D eigenvalue weighted by atomic mass is 35.5. The second-order valence-corrected chi connectivity index (χ2v) is 5.58. The Balaban J connectivity index is 2.31. The molecule has 0 fully saturated rings. The minimum Gasteiger partial charge on any atom is -0.313 e. The number of rotatable bonds is 4. The first-order valence-corrected chi connectivity index (χ1v) is 7.07. The van der Waals surface area contributed by atoms with Gasteiger partial charge in [0, 0.05) is 16.6 Å². The molecule has 0 amide bonds. The van der Waals surface area contributed by atoms with E-state index < -0.39 is 0 Å². The SMILES string of the molecule is CNC(Cc1cc(C)ccc1C)c1ccc(Cl)cc1F. The van der Waals surface area contributed by atoms with Crippen LogP contribution in [0.5, 0.6) is 0 Å². The number of aryl methyl sites for hydroxylation is 2. The standard InChI is InChI=1S/C17H19ClFN/c1-11-4-5-12(2)13(8-11)9-17(20-3)15-7-6-14(18)10-16(15)19/h4-8,10,17,20H,9H2,1-3H3. The van der Waals surface area contributed by atoms with E-state index in [4.69, 9.17) is 11.6 Å². The number of hydrogen-bond acceptors (Lipinski definition) is 1. The first-order chi connectivity index (χ1) is 9.51. The fraction of sp³-hybridized carbons (Fsp3) is 0.294. The maximum absolute atomic E-state index is 14.0. The predicted molar refractivity (Wildman–Crippen MR) is 82.8 cm³/mol. The van der Waals surface area contributed by atoms with Crippen LogP contribution in [-0.4, -0.2) is 7.05 Å². The van der Waals surface area contributed by atoms with Crippen molar-refractivity contribution < 1.29 is 4.39 Å². The molecule has 0 heterocycles. The van der Waals surface area contributed by atoms with Gasteiger partial charge in [0.05, 0.1) is 0 Å². The zero-order valence-electron chi connectivity index (χ0n) is 12.0. The molecule has 1 unspecified atom stereocenters. The molecule has 1 N–H and O–H groups in total. The van der Waals surface area contributed by atoms with Crippen LogP contribution in [0.25, 0.3) is 0 Å². The highest BCUT2D eigenvalue weighted by Gasteiger charge is 2.16. The largest absolute Gasteiger partial charge is 0.313 e. The minimum absolute atomic E-state index is 0.0623. The second-order valence-electron chi connectivity index (χ2n) is 5.14. The average molecular weight is 292 g/mol. The van der Waals surface area contributed by atoms with E-state index in [0.29, 0.717) is 10.6 Å². The number of likely N-dealkylation sites (N-methyl/N-ethyl adjacent to an activating group) is 1. The van der Waals surface area contributed by atoms with Gasteiger partial charge in [-0.05, 0) is 50.6 Å². The Morgan fingerprint density at radius 1 is 1.15 bits per heavy atom. The van der Waals surface area contributed by atoms with Gasteiger partial charge in [-0.15, -0.1) is 0 Å². The molecule has 0 aliphatic rings. The Morgan fingerprint density at radius 3 is 2.55 bits per heavy atom. The third-order valence-corrected chi connectivity index (χ3v) is 3.85. The highest BCUT2D eigenvalue weighted by molar-refractivity contribution is 6.30. The van der Waals surface area contributed by atoms with Gasteiger partial charge in [-0.25, -0.2) is 4.39 Å². The van der Waals surface area contributed by atoms with Crippen molar-refractivity contribution in [1.82, 2.24) is 5.32 Å². The van der Waals surface area contributed by atoms with Gasteiger partial charge >= 0.3 is 0 Å². The molecule has 1 nitrogen and oxygen atoms in total. The van der Waals surface area contributed by atoms with Crippen LogP contribution in [0.2, 0.25) is 5.02 Å². The maximum atomic E-state index is 14.0. The molecule has 0 aliphatic carbocycles. The predicted octanol–water partition coefficient (Wildman–Crippen LogP) is 4.60. The van der Waals surface area contributed by atoms with E-state index in [9.17, 15) is 4.39 Å². The fourth-order valence-electron chi connectivity index (χ4n) is 2.39. The van der Waals surface area contributed by atoms with Crippen LogP contribution in [0.3, 0.4) is 0 Å². The van der Waals surface area contributed by atoms with Gasteiger partial charge < -0.3 is 5.32 Å². The number of benzene rings is 2. The molecule has 2 aromatic carbocycles. The van der Waals surface area contributed by atoms with Crippen molar-refractivity contribution in [2.24, 2.45) is 0 Å². The Kier molecular flexibility index (Phi) is 4.79. The summed E-state index contributed by atoms with van der Waals surface area (Å²) in [6, 6.07) is 11.1. The second kappa shape index (κ2) is 6.38. The maximum Gasteiger partial charge on any atom is 0.129 e. The van der Waals surface area contributed by atoms with Crippen LogP contribution in [0, 0.1) is 19.7 Å². The van der Waals surface area contributed by atoms with Gasteiger partial charge in [0.1, 0.15) is 5.82 Å². The van der Waals surface area contributed by atoms with Crippen LogP contribution >= 0.6 is 11.6 Å². The summed E-state index contributed by atoms with van der Waals surface area (Å²) < 4.78 is 14.0. The minimum atomic E-state index is -0.262. The molecular formula is C17H19ClFN. The summed E-state index contributed by atoms with van der Waals surface area (Å²) in [6.45, 7) is 4.15. The molecule has 0 bridgehead atoms. The average Bonchev–Trinajstić information content (AvgIpc) is 2.40. The molecular weight excluding hydrogens is 273 g/mol. The third kappa shape index (κ3) is 3.38. The van der Waals surface area contributed by atoms with E-state index in [1.165, 1.54) is 22.8 Å². The quantitative estimate of drug-likeness (QED) is 0.868. The normalized spacial score (nSPS) is 12.4. The lowest BCUT2D eigenvalue weighted by atomic mass is 9.94. The van der Waals surface area contributed by atoms with Crippen LogP contribution in [0.4, 0.5) is 4.39 Å². The van der Waals surface area contributed by atoms with Crippen molar-refractivity contribution in [2.75, 3.05) is 7.05 Å². The van der Waals surface area contributed by atoms with Gasteiger partial charge in [0.15, 0.2) is 0 Å². The lowest BCUT2D eigenvalue weighted by Gasteiger charge is -2.19. The molecule has 20 heavy (non-hydrogen) atoms. The molecule has 0 radical (unpaired) electrons. The summed E-state index contributed by atoms with van der Waals surface area (Å²) in [7, 11) is 1.85. The van der Waals surface area contributed by atoms with Crippen LogP contribution in [0.1, 0.15) is 28.3 Å². The van der Waals surface area contributed by atoms with Crippen molar-refractivity contribution >= 4 is 11.6 Å². The summed E-state index contributed by atoms with van der Waals surface area (Å²) in [4.78, 5) is 0. The molecule has 0 spiro atoms. The van der Waals surface area contributed by atoms with E-state index in [1.807, 2.05) is 7.05 Å². The lowest BCUT2D eigenvalue weighted by molar-refractivity contribution is 0.533. The van der Waals surface area contributed by atoms with Gasteiger partial charge in [0.25, 0.3) is 0 Å². The number of halogens is 2. The molecule has 0 saturated heterocycles. The van der Waals surface area contributed by atoms with Gasteiger partial charge in [-0.2, -0.15) is 0 Å². The molecule has 0 aromatic heterocycles.